The summed E-state index contributed by atoms with van der Waals surface area (Å²) < 4.78 is 22.3. The molecule has 0 saturated carbocycles. The molecular formula is C14H13ClN4O3S2. The Morgan fingerprint density at radius 2 is 1.46 bits per heavy atom. The van der Waals surface area contributed by atoms with Gasteiger partial charge in [-0.25, -0.2) is 18.4 Å². The Morgan fingerprint density at radius 1 is 0.958 bits per heavy atom. The number of carbonyl (C=O) groups excluding carboxylic acids is 1. The number of nitrogens with one attached hydrogen (secondary N) is 3. The van der Waals surface area contributed by atoms with Gasteiger partial charge in [-0.1, -0.05) is 11.6 Å². The van der Waals surface area contributed by atoms with Crippen LogP contribution in [0.2, 0.25) is 5.02 Å². The zero-order valence-electron chi connectivity index (χ0n) is 12.1. The van der Waals surface area contributed by atoms with Gasteiger partial charge in [-0.15, -0.1) is 0 Å². The third-order valence-corrected chi connectivity index (χ3v) is 4.16. The maximum atomic E-state index is 11.8. The highest BCUT2D eigenvalue weighted by Crippen LogP contribution is 2.14. The van der Waals surface area contributed by atoms with Gasteiger partial charge in [0.25, 0.3) is 0 Å². The first-order valence-electron chi connectivity index (χ1n) is 6.51. The normalized spacial score (nSPS) is 10.8. The predicted molar refractivity (Wildman–Crippen MR) is 97.6 cm³/mol. The van der Waals surface area contributed by atoms with Crippen molar-refractivity contribution >= 4 is 56.4 Å². The lowest BCUT2D eigenvalue weighted by molar-refractivity contribution is 0.256. The molecule has 2 aromatic rings. The SMILES string of the molecule is NS(=O)(=O)c1ccc(NC(=S)NC(=O)Nc2ccc(Cl)cc2)cc1. The molecule has 0 unspecified atom stereocenters. The van der Waals surface area contributed by atoms with Crippen LogP contribution in [0.25, 0.3) is 0 Å². The van der Waals surface area contributed by atoms with Crippen molar-refractivity contribution < 1.29 is 13.2 Å². The minimum absolute atomic E-state index is 0.0209. The average molecular weight is 385 g/mol. The molecule has 0 heterocycles. The first-order valence-corrected chi connectivity index (χ1v) is 8.85. The van der Waals surface area contributed by atoms with Crippen molar-refractivity contribution in [2.75, 3.05) is 10.6 Å². The van der Waals surface area contributed by atoms with Crippen molar-refractivity contribution in [3.63, 3.8) is 0 Å². The summed E-state index contributed by atoms with van der Waals surface area (Å²) in [4.78, 5) is 11.8. The highest BCUT2D eigenvalue weighted by atomic mass is 35.5. The van der Waals surface area contributed by atoms with E-state index in [1.165, 1.54) is 24.3 Å². The van der Waals surface area contributed by atoms with E-state index < -0.39 is 16.1 Å². The van der Waals surface area contributed by atoms with Gasteiger partial charge in [-0.3, -0.25) is 5.32 Å². The van der Waals surface area contributed by atoms with Crippen molar-refractivity contribution in [1.29, 1.82) is 0 Å². The summed E-state index contributed by atoms with van der Waals surface area (Å²) in [5.41, 5.74) is 1.05. The first-order chi connectivity index (χ1) is 11.2. The van der Waals surface area contributed by atoms with Gasteiger partial charge in [-0.2, -0.15) is 0 Å². The molecule has 0 atom stereocenters. The van der Waals surface area contributed by atoms with Gasteiger partial charge in [0.15, 0.2) is 5.11 Å². The van der Waals surface area contributed by atoms with Crippen molar-refractivity contribution in [3.8, 4) is 0 Å². The van der Waals surface area contributed by atoms with Crippen LogP contribution in [-0.2, 0) is 10.0 Å². The standard InChI is InChI=1S/C14H13ClN4O3S2/c15-9-1-3-10(4-2-9)17-13(20)19-14(23)18-11-5-7-12(8-6-11)24(16,21)22/h1-8H,(H2,16,21,22)(H3,17,18,19,20,23). The molecule has 2 rings (SSSR count). The summed E-state index contributed by atoms with van der Waals surface area (Å²) in [6.07, 6.45) is 0. The molecule has 0 aliphatic carbocycles. The number of carbonyl (C=O) groups is 1. The summed E-state index contributed by atoms with van der Waals surface area (Å²) in [6, 6.07) is 11.6. The molecule has 0 fully saturated rings. The van der Waals surface area contributed by atoms with E-state index >= 15 is 0 Å². The summed E-state index contributed by atoms with van der Waals surface area (Å²) in [5.74, 6) is 0. The monoisotopic (exact) mass is 384 g/mol. The summed E-state index contributed by atoms with van der Waals surface area (Å²) in [5, 5.41) is 13.4. The van der Waals surface area contributed by atoms with Gasteiger partial charge in [0.1, 0.15) is 0 Å². The molecule has 5 N–H and O–H groups in total. The fourth-order valence-electron chi connectivity index (χ4n) is 1.69. The second-order valence-corrected chi connectivity index (χ2v) is 7.02. The van der Waals surface area contributed by atoms with Crippen LogP contribution in [0.3, 0.4) is 0 Å². The number of benzene rings is 2. The van der Waals surface area contributed by atoms with Crippen molar-refractivity contribution in [1.82, 2.24) is 5.32 Å². The molecule has 10 heteroatoms. The van der Waals surface area contributed by atoms with Gasteiger partial charge < -0.3 is 10.6 Å². The lowest BCUT2D eigenvalue weighted by atomic mass is 10.3. The number of primary sulfonamides is 1. The Hall–Kier alpha value is -2.20. The number of nitrogens with two attached hydrogens (primary N) is 1. The number of anilines is 2. The number of rotatable bonds is 3. The quantitative estimate of drug-likeness (QED) is 0.607. The first kappa shape index (κ1) is 18.1. The van der Waals surface area contributed by atoms with Crippen molar-refractivity contribution in [2.24, 2.45) is 5.14 Å². The van der Waals surface area contributed by atoms with Crippen molar-refractivity contribution in [2.45, 2.75) is 4.90 Å². The zero-order chi connectivity index (χ0) is 17.7. The molecule has 0 saturated heterocycles. The molecule has 0 aromatic heterocycles. The lowest BCUT2D eigenvalue weighted by Crippen LogP contribution is -2.37. The molecule has 2 aromatic carbocycles. The maximum absolute atomic E-state index is 11.8. The number of halogens is 1. The maximum Gasteiger partial charge on any atom is 0.325 e. The van der Waals surface area contributed by atoms with Crippen LogP contribution in [-0.4, -0.2) is 19.6 Å². The van der Waals surface area contributed by atoms with Crippen molar-refractivity contribution in [3.05, 3.63) is 53.6 Å². The van der Waals surface area contributed by atoms with Crippen LogP contribution in [0.5, 0.6) is 0 Å². The van der Waals surface area contributed by atoms with Crippen LogP contribution >= 0.6 is 23.8 Å². The molecule has 2 amide bonds. The topological polar surface area (TPSA) is 113 Å². The smallest absolute Gasteiger partial charge is 0.325 e. The zero-order valence-corrected chi connectivity index (χ0v) is 14.5. The summed E-state index contributed by atoms with van der Waals surface area (Å²) in [7, 11) is -3.75. The number of hydrogen-bond donors (Lipinski definition) is 4. The molecule has 24 heavy (non-hydrogen) atoms. The van der Waals surface area contributed by atoms with Crippen LogP contribution in [0, 0.1) is 0 Å². The van der Waals surface area contributed by atoms with E-state index in [9.17, 15) is 13.2 Å². The van der Waals surface area contributed by atoms with Gasteiger partial charge >= 0.3 is 6.03 Å². The third-order valence-electron chi connectivity index (χ3n) is 2.77. The van der Waals surface area contributed by atoms with Gasteiger partial charge in [-0.05, 0) is 60.7 Å². The Kier molecular flexibility index (Phi) is 5.73. The number of hydrogen-bond acceptors (Lipinski definition) is 4. The molecule has 0 spiro atoms. The molecule has 7 nitrogen and oxygen atoms in total. The van der Waals surface area contributed by atoms with Crippen LogP contribution in [0.1, 0.15) is 0 Å². The van der Waals surface area contributed by atoms with E-state index in [4.69, 9.17) is 29.0 Å². The highest BCUT2D eigenvalue weighted by molar-refractivity contribution is 7.89. The van der Waals surface area contributed by atoms with E-state index in [1.54, 1.807) is 24.3 Å². The highest BCUT2D eigenvalue weighted by Gasteiger charge is 2.08. The fraction of sp³-hybridized carbons (Fsp3) is 0. The minimum atomic E-state index is -3.75. The van der Waals surface area contributed by atoms with E-state index in [-0.39, 0.29) is 10.0 Å². The predicted octanol–water partition coefficient (Wildman–Crippen LogP) is 2.51. The second kappa shape index (κ2) is 7.58. The summed E-state index contributed by atoms with van der Waals surface area (Å²) >= 11 is 10.8. The van der Waals surface area contributed by atoms with E-state index in [0.717, 1.165) is 0 Å². The van der Waals surface area contributed by atoms with Crippen LogP contribution in [0.15, 0.2) is 53.4 Å². The van der Waals surface area contributed by atoms with E-state index in [1.807, 2.05) is 0 Å². The lowest BCUT2D eigenvalue weighted by Gasteiger charge is -2.11. The van der Waals surface area contributed by atoms with E-state index in [2.05, 4.69) is 16.0 Å². The fourth-order valence-corrected chi connectivity index (χ4v) is 2.54. The van der Waals surface area contributed by atoms with Gasteiger partial charge in [0.2, 0.25) is 10.0 Å². The molecule has 0 aliphatic heterocycles. The Bertz CT molecular complexity index is 853. The third kappa shape index (κ3) is 5.46. The van der Waals surface area contributed by atoms with Gasteiger partial charge in [0, 0.05) is 16.4 Å². The van der Waals surface area contributed by atoms with Crippen LogP contribution < -0.4 is 21.1 Å². The number of urea groups is 1. The molecule has 0 bridgehead atoms. The number of thiocarbonyl (C=S) groups is 1. The molecule has 0 aliphatic rings. The van der Waals surface area contributed by atoms with Gasteiger partial charge in [0.05, 0.1) is 4.90 Å². The molecular weight excluding hydrogens is 372 g/mol. The Labute approximate surface area is 149 Å². The molecule has 126 valence electrons. The van der Waals surface area contributed by atoms with E-state index in [0.29, 0.717) is 16.4 Å². The second-order valence-electron chi connectivity index (χ2n) is 4.61. The number of amides is 2. The minimum Gasteiger partial charge on any atom is -0.332 e. The summed E-state index contributed by atoms with van der Waals surface area (Å²) in [6.45, 7) is 0. The Morgan fingerprint density at radius 3 is 2.00 bits per heavy atom. The Balaban J connectivity index is 1.90. The number of sulfonamides is 1. The largest absolute Gasteiger partial charge is 0.332 e. The molecule has 0 radical (unpaired) electrons. The average Bonchev–Trinajstić information content (AvgIpc) is 2.49. The van der Waals surface area contributed by atoms with Crippen LogP contribution in [0.4, 0.5) is 16.2 Å².